The Labute approximate surface area is 114 Å². The van der Waals surface area contributed by atoms with Gasteiger partial charge in [-0.3, -0.25) is 9.59 Å². The van der Waals surface area contributed by atoms with Crippen molar-refractivity contribution in [3.63, 3.8) is 0 Å². The summed E-state index contributed by atoms with van der Waals surface area (Å²) < 4.78 is 28.7. The molecule has 20 heavy (non-hydrogen) atoms. The molecule has 0 heterocycles. The topological polar surface area (TPSA) is 75.6 Å². The van der Waals surface area contributed by atoms with Gasteiger partial charge in [0.15, 0.2) is 0 Å². The van der Waals surface area contributed by atoms with E-state index >= 15 is 0 Å². The third-order valence-electron chi connectivity index (χ3n) is 2.91. The lowest BCUT2D eigenvalue weighted by Crippen LogP contribution is -2.30. The molecule has 1 aromatic rings. The number of anilines is 1. The van der Waals surface area contributed by atoms with Crippen LogP contribution in [0.5, 0.6) is 5.75 Å². The second-order valence-electron chi connectivity index (χ2n) is 4.28. The van der Waals surface area contributed by atoms with Gasteiger partial charge in [0.1, 0.15) is 5.75 Å². The van der Waals surface area contributed by atoms with Crippen LogP contribution in [0.1, 0.15) is 13.8 Å². The summed E-state index contributed by atoms with van der Waals surface area (Å²) in [4.78, 5) is 22.7. The van der Waals surface area contributed by atoms with Crippen molar-refractivity contribution in [1.29, 1.82) is 0 Å². The van der Waals surface area contributed by atoms with Crippen LogP contribution in [-0.4, -0.2) is 23.6 Å². The molecule has 0 aliphatic carbocycles. The molecule has 0 aromatic heterocycles. The second-order valence-corrected chi connectivity index (χ2v) is 4.28. The quantitative estimate of drug-likeness (QED) is 0.843. The van der Waals surface area contributed by atoms with E-state index in [0.717, 1.165) is 0 Å². The van der Waals surface area contributed by atoms with Crippen LogP contribution in [0, 0.1) is 11.8 Å². The molecule has 0 saturated carbocycles. The van der Waals surface area contributed by atoms with Crippen molar-refractivity contribution in [2.75, 3.05) is 5.32 Å². The van der Waals surface area contributed by atoms with Crippen molar-refractivity contribution < 1.29 is 28.2 Å². The molecule has 0 aliphatic rings. The summed E-state index contributed by atoms with van der Waals surface area (Å²) in [5.41, 5.74) is 0.0715. The fourth-order valence-corrected chi connectivity index (χ4v) is 1.46. The first-order valence-electron chi connectivity index (χ1n) is 5.90. The Hall–Kier alpha value is -2.18. The fourth-order valence-electron chi connectivity index (χ4n) is 1.46. The normalized spacial score (nSPS) is 13.7. The molecular formula is C13H15F2NO4. The van der Waals surface area contributed by atoms with E-state index in [9.17, 15) is 18.4 Å². The second kappa shape index (κ2) is 6.83. The first-order valence-corrected chi connectivity index (χ1v) is 5.90. The summed E-state index contributed by atoms with van der Waals surface area (Å²) in [5, 5.41) is 11.2. The van der Waals surface area contributed by atoms with Crippen molar-refractivity contribution in [2.45, 2.75) is 20.5 Å². The van der Waals surface area contributed by atoms with Crippen LogP contribution < -0.4 is 10.1 Å². The molecular weight excluding hydrogens is 272 g/mol. The van der Waals surface area contributed by atoms with Gasteiger partial charge in [0, 0.05) is 5.92 Å². The highest BCUT2D eigenvalue weighted by atomic mass is 19.3. The summed E-state index contributed by atoms with van der Waals surface area (Å²) in [6, 6.07) is 5.71. The first kappa shape index (κ1) is 15.9. The van der Waals surface area contributed by atoms with Crippen LogP contribution in [-0.2, 0) is 9.59 Å². The number of carbonyl (C=O) groups is 2. The maximum atomic E-state index is 12.2. The average molecular weight is 287 g/mol. The van der Waals surface area contributed by atoms with Crippen LogP contribution in [0.3, 0.4) is 0 Å². The average Bonchev–Trinajstić information content (AvgIpc) is 2.38. The van der Waals surface area contributed by atoms with Gasteiger partial charge in [0.2, 0.25) is 5.91 Å². The third kappa shape index (κ3) is 4.18. The number of alkyl halides is 2. The largest absolute Gasteiger partial charge is 0.481 e. The van der Waals surface area contributed by atoms with Crippen LogP contribution >= 0.6 is 0 Å². The lowest BCUT2D eigenvalue weighted by atomic mass is 9.95. The van der Waals surface area contributed by atoms with Crippen molar-refractivity contribution in [3.05, 3.63) is 24.3 Å². The number of aliphatic carboxylic acids is 1. The number of ether oxygens (including phenoxy) is 1. The summed E-state index contributed by atoms with van der Waals surface area (Å²) >= 11 is 0. The minimum Gasteiger partial charge on any atom is -0.481 e. The molecule has 0 bridgehead atoms. The van der Waals surface area contributed by atoms with Gasteiger partial charge < -0.3 is 15.2 Å². The van der Waals surface area contributed by atoms with E-state index in [0.29, 0.717) is 0 Å². The molecule has 0 aliphatic heterocycles. The van der Waals surface area contributed by atoms with Gasteiger partial charge in [-0.05, 0) is 12.1 Å². The third-order valence-corrected chi connectivity index (χ3v) is 2.91. The summed E-state index contributed by atoms with van der Waals surface area (Å²) in [7, 11) is 0. The maximum absolute atomic E-state index is 12.2. The van der Waals surface area contributed by atoms with Crippen molar-refractivity contribution in [1.82, 2.24) is 0 Å². The molecule has 1 rings (SSSR count). The Morgan fingerprint density at radius 2 is 1.80 bits per heavy atom. The van der Waals surface area contributed by atoms with Gasteiger partial charge in [-0.1, -0.05) is 26.0 Å². The number of carboxylic acid groups (broad SMARTS) is 1. The SMILES string of the molecule is CC(C(=O)O)C(C)C(=O)Nc1ccccc1OC(F)F. The number of carbonyl (C=O) groups excluding carboxylic acids is 1. The van der Waals surface area contributed by atoms with E-state index in [4.69, 9.17) is 5.11 Å². The van der Waals surface area contributed by atoms with E-state index in [1.165, 1.54) is 32.0 Å². The Bertz CT molecular complexity index is 493. The Morgan fingerprint density at radius 1 is 1.20 bits per heavy atom. The minimum atomic E-state index is -3.01. The zero-order valence-corrected chi connectivity index (χ0v) is 11.0. The Morgan fingerprint density at radius 3 is 2.35 bits per heavy atom. The molecule has 110 valence electrons. The van der Waals surface area contributed by atoms with E-state index in [1.807, 2.05) is 0 Å². The molecule has 2 unspecified atom stereocenters. The lowest BCUT2D eigenvalue weighted by molar-refractivity contribution is -0.145. The zero-order valence-electron chi connectivity index (χ0n) is 11.0. The van der Waals surface area contributed by atoms with Crippen LogP contribution in [0.15, 0.2) is 24.3 Å². The highest BCUT2D eigenvalue weighted by Gasteiger charge is 2.26. The Kier molecular flexibility index (Phi) is 5.42. The van der Waals surface area contributed by atoms with Gasteiger partial charge in [0.25, 0.3) is 0 Å². The molecule has 1 amide bonds. The molecule has 2 N–H and O–H groups in total. The standard InChI is InChI=1S/C13H15F2NO4/c1-7(8(2)12(18)19)11(17)16-9-5-3-4-6-10(9)20-13(14)15/h3-8,13H,1-2H3,(H,16,17)(H,18,19). The van der Waals surface area contributed by atoms with Crippen LogP contribution in [0.25, 0.3) is 0 Å². The maximum Gasteiger partial charge on any atom is 0.387 e. The van der Waals surface area contributed by atoms with Gasteiger partial charge in [-0.2, -0.15) is 8.78 Å². The minimum absolute atomic E-state index is 0.0715. The molecule has 1 aromatic carbocycles. The Balaban J connectivity index is 2.83. The highest BCUT2D eigenvalue weighted by molar-refractivity contribution is 5.95. The number of nitrogens with one attached hydrogen (secondary N) is 1. The molecule has 0 saturated heterocycles. The predicted molar refractivity (Wildman–Crippen MR) is 67.7 cm³/mol. The molecule has 5 nitrogen and oxygen atoms in total. The number of rotatable bonds is 6. The van der Waals surface area contributed by atoms with E-state index in [2.05, 4.69) is 10.1 Å². The molecule has 0 spiro atoms. The number of carboxylic acids is 1. The summed E-state index contributed by atoms with van der Waals surface area (Å²) in [5.74, 6) is -3.56. The number of benzene rings is 1. The predicted octanol–water partition coefficient (Wildman–Crippen LogP) is 2.58. The lowest BCUT2D eigenvalue weighted by Gasteiger charge is -2.17. The van der Waals surface area contributed by atoms with E-state index in [-0.39, 0.29) is 11.4 Å². The van der Waals surface area contributed by atoms with Crippen molar-refractivity contribution >= 4 is 17.6 Å². The molecule has 7 heteroatoms. The smallest absolute Gasteiger partial charge is 0.387 e. The molecule has 0 radical (unpaired) electrons. The van der Waals surface area contributed by atoms with E-state index < -0.39 is 30.3 Å². The zero-order chi connectivity index (χ0) is 15.3. The van der Waals surface area contributed by atoms with Crippen LogP contribution in [0.4, 0.5) is 14.5 Å². The van der Waals surface area contributed by atoms with Gasteiger partial charge in [-0.25, -0.2) is 0 Å². The van der Waals surface area contributed by atoms with Crippen molar-refractivity contribution in [3.8, 4) is 5.75 Å². The highest BCUT2D eigenvalue weighted by Crippen LogP contribution is 2.26. The van der Waals surface area contributed by atoms with Crippen molar-refractivity contribution in [2.24, 2.45) is 11.8 Å². The number of amides is 1. The number of hydrogen-bond acceptors (Lipinski definition) is 3. The number of hydrogen-bond donors (Lipinski definition) is 2. The fraction of sp³-hybridized carbons (Fsp3) is 0.385. The molecule has 0 fully saturated rings. The van der Waals surface area contributed by atoms with Gasteiger partial charge in [0.05, 0.1) is 11.6 Å². The monoisotopic (exact) mass is 287 g/mol. The molecule has 2 atom stereocenters. The first-order chi connectivity index (χ1) is 9.32. The summed E-state index contributed by atoms with van der Waals surface area (Å²) in [6.07, 6.45) is 0. The van der Waals surface area contributed by atoms with E-state index in [1.54, 1.807) is 6.07 Å². The van der Waals surface area contributed by atoms with Gasteiger partial charge in [-0.15, -0.1) is 0 Å². The van der Waals surface area contributed by atoms with Gasteiger partial charge >= 0.3 is 12.6 Å². The van der Waals surface area contributed by atoms with Crippen LogP contribution in [0.2, 0.25) is 0 Å². The number of para-hydroxylation sites is 2. The number of halogens is 2. The summed E-state index contributed by atoms with van der Waals surface area (Å²) in [6.45, 7) is -0.165.